The van der Waals surface area contributed by atoms with Gasteiger partial charge in [-0.2, -0.15) is 0 Å². The Labute approximate surface area is 123 Å². The van der Waals surface area contributed by atoms with Crippen molar-refractivity contribution in [2.75, 3.05) is 26.2 Å². The van der Waals surface area contributed by atoms with E-state index in [0.29, 0.717) is 0 Å². The highest BCUT2D eigenvalue weighted by atomic mass is 15.1. The zero-order chi connectivity index (χ0) is 13.8. The number of likely N-dealkylation sites (tertiary alicyclic amines) is 1. The average molecular weight is 272 g/mol. The molecule has 2 nitrogen and oxygen atoms in total. The van der Waals surface area contributed by atoms with Crippen molar-refractivity contribution >= 4 is 0 Å². The first kappa shape index (κ1) is 14.1. The molecule has 2 heteroatoms. The smallest absolute Gasteiger partial charge is 0.0139 e. The number of hydrogen-bond donors (Lipinski definition) is 1. The molecule has 110 valence electrons. The Bertz CT molecular complexity index is 403. The molecule has 3 unspecified atom stereocenters. The number of benzene rings is 1. The first-order chi connectivity index (χ1) is 9.86. The maximum absolute atomic E-state index is 3.81. The van der Waals surface area contributed by atoms with Crippen LogP contribution in [0.4, 0.5) is 0 Å². The molecule has 0 amide bonds. The Morgan fingerprint density at radius 3 is 2.85 bits per heavy atom. The summed E-state index contributed by atoms with van der Waals surface area (Å²) in [6.45, 7) is 7.34. The molecular formula is C18H28N2. The first-order valence-electron chi connectivity index (χ1n) is 8.36. The summed E-state index contributed by atoms with van der Waals surface area (Å²) in [7, 11) is 0. The van der Waals surface area contributed by atoms with E-state index in [1.165, 1.54) is 57.4 Å². The Balaban J connectivity index is 1.63. The molecule has 1 N–H and O–H groups in total. The zero-order valence-electron chi connectivity index (χ0n) is 12.7. The third-order valence-electron chi connectivity index (χ3n) is 5.24. The van der Waals surface area contributed by atoms with Crippen LogP contribution in [-0.2, 0) is 6.42 Å². The van der Waals surface area contributed by atoms with Gasteiger partial charge in [-0.15, -0.1) is 0 Å². The first-order valence-corrected chi connectivity index (χ1v) is 8.36. The Morgan fingerprint density at radius 2 is 2.05 bits per heavy atom. The van der Waals surface area contributed by atoms with E-state index in [1.807, 2.05) is 0 Å². The van der Waals surface area contributed by atoms with Crippen molar-refractivity contribution in [3.63, 3.8) is 0 Å². The van der Waals surface area contributed by atoms with Crippen molar-refractivity contribution in [3.05, 3.63) is 35.9 Å². The third kappa shape index (κ3) is 3.24. The van der Waals surface area contributed by atoms with Crippen LogP contribution in [0.25, 0.3) is 0 Å². The number of hydrogen-bond acceptors (Lipinski definition) is 2. The minimum absolute atomic E-state index is 0.740. The van der Waals surface area contributed by atoms with E-state index in [9.17, 15) is 0 Å². The average Bonchev–Trinajstić information content (AvgIpc) is 2.96. The van der Waals surface area contributed by atoms with Crippen LogP contribution >= 0.6 is 0 Å². The highest BCUT2D eigenvalue weighted by Crippen LogP contribution is 2.30. The van der Waals surface area contributed by atoms with Crippen molar-refractivity contribution in [1.29, 1.82) is 0 Å². The van der Waals surface area contributed by atoms with E-state index >= 15 is 0 Å². The van der Waals surface area contributed by atoms with Gasteiger partial charge in [0, 0.05) is 12.6 Å². The van der Waals surface area contributed by atoms with Gasteiger partial charge in [-0.05, 0) is 62.7 Å². The molecule has 2 heterocycles. The maximum atomic E-state index is 3.81. The number of rotatable bonds is 4. The summed E-state index contributed by atoms with van der Waals surface area (Å²) < 4.78 is 0. The topological polar surface area (TPSA) is 15.3 Å². The minimum atomic E-state index is 0.740. The van der Waals surface area contributed by atoms with Gasteiger partial charge in [0.15, 0.2) is 0 Å². The standard InChI is InChI=1S/C18H28N2/c1-2-20-12-6-9-17(14-20)18-16(10-11-19-18)13-15-7-4-3-5-8-15/h3-5,7-8,16-19H,2,6,9-14H2,1H3. The predicted octanol–water partition coefficient (Wildman–Crippen LogP) is 2.94. The molecular weight excluding hydrogens is 244 g/mol. The van der Waals surface area contributed by atoms with E-state index < -0.39 is 0 Å². The summed E-state index contributed by atoms with van der Waals surface area (Å²) in [5, 5.41) is 3.81. The fourth-order valence-electron chi connectivity index (χ4n) is 4.15. The van der Waals surface area contributed by atoms with E-state index in [1.54, 1.807) is 0 Å². The maximum Gasteiger partial charge on any atom is 0.0139 e. The van der Waals surface area contributed by atoms with Crippen LogP contribution in [0.5, 0.6) is 0 Å². The molecule has 0 spiro atoms. The Hall–Kier alpha value is -0.860. The molecule has 2 saturated heterocycles. The van der Waals surface area contributed by atoms with Gasteiger partial charge in [0.05, 0.1) is 0 Å². The van der Waals surface area contributed by atoms with Crippen molar-refractivity contribution in [1.82, 2.24) is 10.2 Å². The second-order valence-corrected chi connectivity index (χ2v) is 6.51. The Kier molecular flexibility index (Phi) is 4.74. The summed E-state index contributed by atoms with van der Waals surface area (Å²) in [5.74, 6) is 1.69. The predicted molar refractivity (Wildman–Crippen MR) is 84.9 cm³/mol. The fourth-order valence-corrected chi connectivity index (χ4v) is 4.15. The van der Waals surface area contributed by atoms with Gasteiger partial charge >= 0.3 is 0 Å². The zero-order valence-corrected chi connectivity index (χ0v) is 12.7. The summed E-state index contributed by atoms with van der Waals surface area (Å²) in [6, 6.07) is 11.8. The second kappa shape index (κ2) is 6.73. The van der Waals surface area contributed by atoms with Crippen LogP contribution in [0.15, 0.2) is 30.3 Å². The van der Waals surface area contributed by atoms with Gasteiger partial charge in [-0.25, -0.2) is 0 Å². The quantitative estimate of drug-likeness (QED) is 0.906. The van der Waals surface area contributed by atoms with Crippen LogP contribution in [0.3, 0.4) is 0 Å². The number of nitrogens with zero attached hydrogens (tertiary/aromatic N) is 1. The summed E-state index contributed by atoms with van der Waals surface area (Å²) >= 11 is 0. The molecule has 0 aromatic heterocycles. The van der Waals surface area contributed by atoms with E-state index in [-0.39, 0.29) is 0 Å². The SMILES string of the molecule is CCN1CCCC(C2NCCC2Cc2ccccc2)C1. The van der Waals surface area contributed by atoms with Gasteiger partial charge in [0.25, 0.3) is 0 Å². The largest absolute Gasteiger partial charge is 0.313 e. The monoisotopic (exact) mass is 272 g/mol. The molecule has 3 atom stereocenters. The molecule has 3 rings (SSSR count). The van der Waals surface area contributed by atoms with Gasteiger partial charge in [0.1, 0.15) is 0 Å². The summed E-state index contributed by atoms with van der Waals surface area (Å²) in [4.78, 5) is 2.63. The number of piperidine rings is 1. The summed E-state index contributed by atoms with van der Waals surface area (Å²) in [5.41, 5.74) is 1.51. The van der Waals surface area contributed by atoms with Crippen LogP contribution < -0.4 is 5.32 Å². The van der Waals surface area contributed by atoms with Gasteiger partial charge in [0.2, 0.25) is 0 Å². The molecule has 1 aromatic carbocycles. The number of nitrogens with one attached hydrogen (secondary N) is 1. The van der Waals surface area contributed by atoms with Gasteiger partial charge in [-0.1, -0.05) is 37.3 Å². The van der Waals surface area contributed by atoms with E-state index in [2.05, 4.69) is 47.5 Å². The van der Waals surface area contributed by atoms with Gasteiger partial charge < -0.3 is 10.2 Å². The fraction of sp³-hybridized carbons (Fsp3) is 0.667. The highest BCUT2D eigenvalue weighted by Gasteiger charge is 2.35. The third-order valence-corrected chi connectivity index (χ3v) is 5.24. The molecule has 0 aliphatic carbocycles. The molecule has 1 aromatic rings. The minimum Gasteiger partial charge on any atom is -0.313 e. The van der Waals surface area contributed by atoms with E-state index in [0.717, 1.165) is 17.9 Å². The van der Waals surface area contributed by atoms with Crippen LogP contribution in [0, 0.1) is 11.8 Å². The normalized spacial score (nSPS) is 31.6. The van der Waals surface area contributed by atoms with Crippen molar-refractivity contribution in [2.24, 2.45) is 11.8 Å². The lowest BCUT2D eigenvalue weighted by Gasteiger charge is -2.37. The van der Waals surface area contributed by atoms with Crippen molar-refractivity contribution in [2.45, 2.75) is 38.6 Å². The molecule has 0 saturated carbocycles. The lowest BCUT2D eigenvalue weighted by atomic mass is 9.81. The van der Waals surface area contributed by atoms with Gasteiger partial charge in [-0.3, -0.25) is 0 Å². The molecule has 20 heavy (non-hydrogen) atoms. The van der Waals surface area contributed by atoms with Crippen LogP contribution in [-0.4, -0.2) is 37.1 Å². The Morgan fingerprint density at radius 1 is 1.20 bits per heavy atom. The molecule has 0 bridgehead atoms. The van der Waals surface area contributed by atoms with Crippen LogP contribution in [0.1, 0.15) is 31.7 Å². The molecule has 2 fully saturated rings. The summed E-state index contributed by atoms with van der Waals surface area (Å²) in [6.07, 6.45) is 5.40. The molecule has 0 radical (unpaired) electrons. The van der Waals surface area contributed by atoms with Crippen molar-refractivity contribution in [3.8, 4) is 0 Å². The van der Waals surface area contributed by atoms with Crippen LogP contribution in [0.2, 0.25) is 0 Å². The van der Waals surface area contributed by atoms with Crippen molar-refractivity contribution < 1.29 is 0 Å². The molecule has 2 aliphatic heterocycles. The second-order valence-electron chi connectivity index (χ2n) is 6.51. The lowest BCUT2D eigenvalue weighted by molar-refractivity contribution is 0.143. The van der Waals surface area contributed by atoms with E-state index in [4.69, 9.17) is 0 Å². The lowest BCUT2D eigenvalue weighted by Crippen LogP contribution is -2.45. The highest BCUT2D eigenvalue weighted by molar-refractivity contribution is 5.16. The molecule has 2 aliphatic rings.